The van der Waals surface area contributed by atoms with Crippen molar-refractivity contribution in [3.05, 3.63) is 44.1 Å². The summed E-state index contributed by atoms with van der Waals surface area (Å²) >= 11 is 6.35. The van der Waals surface area contributed by atoms with E-state index in [1.54, 1.807) is 18.2 Å². The number of unbranched alkanes of at least 4 members (excludes halogenated alkanes) is 2. The van der Waals surface area contributed by atoms with E-state index in [9.17, 15) is 14.4 Å². The molecule has 0 saturated heterocycles. The molecule has 0 amide bonds. The maximum atomic E-state index is 11.8. The number of hydrogen-bond donors (Lipinski definition) is 1. The Balaban J connectivity index is 1.74. The summed E-state index contributed by atoms with van der Waals surface area (Å²) in [7, 11) is 1.37. The maximum Gasteiger partial charge on any atom is 0.351 e. The maximum absolute atomic E-state index is 11.8. The standard InChI is InChI=1S/C18H17ClN2O6/c1-25-13(22)5-3-2-4-8-26-12-7-6-10-9-11-16(23)20-18(24)21-17(11)27-15(10)14(12)19/h6-7,9H,2-5,8H2,1H3,(H,20,23,24). The molecule has 9 heteroatoms. The van der Waals surface area contributed by atoms with Crippen LogP contribution in [0.1, 0.15) is 25.7 Å². The molecule has 0 aromatic heterocycles. The van der Waals surface area contributed by atoms with Gasteiger partial charge in [0.1, 0.15) is 16.3 Å². The fraction of sp³-hybridized carbons (Fsp3) is 0.333. The molecular formula is C18H17ClN2O6. The summed E-state index contributed by atoms with van der Waals surface area (Å²) in [5.41, 5.74) is -0.910. The second kappa shape index (κ2) is 8.22. The fourth-order valence-corrected chi connectivity index (χ4v) is 2.88. The molecule has 8 nitrogen and oxygen atoms in total. The summed E-state index contributed by atoms with van der Waals surface area (Å²) in [5, 5.41) is 0.822. The summed E-state index contributed by atoms with van der Waals surface area (Å²) in [5.74, 6) is 0.113. The lowest BCUT2D eigenvalue weighted by atomic mass is 10.1. The highest BCUT2D eigenvalue weighted by Gasteiger charge is 2.17. The first kappa shape index (κ1) is 18.9. The number of esters is 1. The highest BCUT2D eigenvalue weighted by molar-refractivity contribution is 6.36. The Bertz CT molecular complexity index is 1060. The highest BCUT2D eigenvalue weighted by Crippen LogP contribution is 2.35. The van der Waals surface area contributed by atoms with E-state index in [1.807, 2.05) is 0 Å². The van der Waals surface area contributed by atoms with Crippen molar-refractivity contribution in [2.45, 2.75) is 25.7 Å². The molecule has 2 aliphatic heterocycles. The number of halogens is 1. The topological polar surface area (TPSA) is 111 Å². The lowest BCUT2D eigenvalue weighted by molar-refractivity contribution is -0.140. The lowest BCUT2D eigenvalue weighted by Gasteiger charge is -2.11. The first-order valence-electron chi connectivity index (χ1n) is 8.35. The monoisotopic (exact) mass is 392 g/mol. The number of hydrogen-bond acceptors (Lipinski definition) is 7. The minimum absolute atomic E-state index is 0.0851. The average Bonchev–Trinajstić information content (AvgIpc) is 2.65. The number of fused-ring (bicyclic) bond motifs is 2. The van der Waals surface area contributed by atoms with Crippen molar-refractivity contribution >= 4 is 28.5 Å². The zero-order valence-electron chi connectivity index (χ0n) is 14.5. The molecule has 2 aliphatic rings. The number of ether oxygens (including phenoxy) is 2. The quantitative estimate of drug-likeness (QED) is 0.373. The summed E-state index contributed by atoms with van der Waals surface area (Å²) in [4.78, 5) is 40.0. The first-order valence-corrected chi connectivity index (χ1v) is 8.73. The summed E-state index contributed by atoms with van der Waals surface area (Å²) < 4.78 is 15.8. The molecule has 142 valence electrons. The Kier molecular flexibility index (Phi) is 5.75. The number of rotatable bonds is 7. The van der Waals surface area contributed by atoms with Crippen molar-refractivity contribution in [1.82, 2.24) is 9.97 Å². The van der Waals surface area contributed by atoms with Crippen LogP contribution in [0.15, 0.2) is 32.2 Å². The average molecular weight is 393 g/mol. The van der Waals surface area contributed by atoms with Gasteiger partial charge < -0.3 is 13.9 Å². The predicted octanol–water partition coefficient (Wildman–Crippen LogP) is 2.75. The molecule has 0 atom stereocenters. The van der Waals surface area contributed by atoms with Crippen LogP contribution in [0.25, 0.3) is 22.4 Å². The van der Waals surface area contributed by atoms with Gasteiger partial charge in [-0.25, -0.2) is 4.79 Å². The van der Waals surface area contributed by atoms with E-state index in [4.69, 9.17) is 20.8 Å². The molecule has 0 fully saturated rings. The van der Waals surface area contributed by atoms with Gasteiger partial charge in [0.15, 0.2) is 5.58 Å². The molecular weight excluding hydrogens is 376 g/mol. The van der Waals surface area contributed by atoms with Crippen LogP contribution >= 0.6 is 11.6 Å². The van der Waals surface area contributed by atoms with E-state index < -0.39 is 11.2 Å². The smallest absolute Gasteiger partial charge is 0.351 e. The van der Waals surface area contributed by atoms with Crippen LogP contribution in [-0.4, -0.2) is 29.7 Å². The van der Waals surface area contributed by atoms with Gasteiger partial charge in [-0.3, -0.25) is 14.6 Å². The number of nitrogens with zero attached hydrogens (tertiary/aromatic N) is 1. The minimum atomic E-state index is -0.786. The Morgan fingerprint density at radius 3 is 2.85 bits per heavy atom. The number of methoxy groups -OCH3 is 1. The van der Waals surface area contributed by atoms with E-state index in [0.717, 1.165) is 19.3 Å². The van der Waals surface area contributed by atoms with Crippen LogP contribution in [0.2, 0.25) is 5.02 Å². The Morgan fingerprint density at radius 2 is 2.07 bits per heavy atom. The number of aromatic amines is 1. The van der Waals surface area contributed by atoms with Crippen molar-refractivity contribution in [3.8, 4) is 17.2 Å². The van der Waals surface area contributed by atoms with E-state index in [-0.39, 0.29) is 28.0 Å². The Labute approximate surface area is 158 Å². The van der Waals surface area contributed by atoms with E-state index >= 15 is 0 Å². The van der Waals surface area contributed by atoms with Crippen LogP contribution in [0.3, 0.4) is 0 Å². The molecule has 0 unspecified atom stereocenters. The van der Waals surface area contributed by atoms with Crippen LogP contribution < -0.4 is 16.0 Å². The van der Waals surface area contributed by atoms with Gasteiger partial charge in [0.25, 0.3) is 5.56 Å². The van der Waals surface area contributed by atoms with Gasteiger partial charge in [-0.05, 0) is 37.5 Å². The number of nitrogens with one attached hydrogen (secondary N) is 1. The number of H-pyrrole nitrogens is 1. The van der Waals surface area contributed by atoms with Gasteiger partial charge in [-0.15, -0.1) is 0 Å². The van der Waals surface area contributed by atoms with Crippen LogP contribution in [0, 0.1) is 0 Å². The highest BCUT2D eigenvalue weighted by atomic mass is 35.5. The molecule has 3 rings (SSSR count). The molecule has 1 aromatic rings. The molecule has 0 bridgehead atoms. The first-order chi connectivity index (χ1) is 13.0. The number of carbonyl (C=O) groups is 1. The van der Waals surface area contributed by atoms with Crippen molar-refractivity contribution in [2.24, 2.45) is 0 Å². The molecule has 27 heavy (non-hydrogen) atoms. The van der Waals surface area contributed by atoms with Gasteiger partial charge in [0, 0.05) is 11.8 Å². The molecule has 0 saturated carbocycles. The van der Waals surface area contributed by atoms with E-state index in [0.29, 0.717) is 24.2 Å². The van der Waals surface area contributed by atoms with Crippen LogP contribution in [0.5, 0.6) is 5.75 Å². The van der Waals surface area contributed by atoms with E-state index in [1.165, 1.54) is 7.11 Å². The third-order valence-corrected chi connectivity index (χ3v) is 4.36. The zero-order chi connectivity index (χ0) is 19.4. The van der Waals surface area contributed by atoms with Gasteiger partial charge in [0.2, 0.25) is 5.89 Å². The largest absolute Gasteiger partial charge is 0.492 e. The molecule has 0 aliphatic carbocycles. The summed E-state index contributed by atoms with van der Waals surface area (Å²) in [6.07, 6.45) is 2.67. The second-order valence-electron chi connectivity index (χ2n) is 5.87. The molecule has 2 heterocycles. The van der Waals surface area contributed by atoms with Gasteiger partial charge in [-0.1, -0.05) is 11.6 Å². The lowest BCUT2D eigenvalue weighted by Crippen LogP contribution is -2.24. The predicted molar refractivity (Wildman–Crippen MR) is 98.5 cm³/mol. The number of benzene rings is 1. The van der Waals surface area contributed by atoms with Crippen molar-refractivity contribution in [1.29, 1.82) is 0 Å². The SMILES string of the molecule is COC(=O)CCCCCOc1ccc2cc3c(=O)[nH]c(=O)nc-3oc2c1Cl. The Morgan fingerprint density at radius 1 is 1.26 bits per heavy atom. The number of aromatic nitrogens is 2. The van der Waals surface area contributed by atoms with Crippen molar-refractivity contribution in [2.75, 3.05) is 13.7 Å². The minimum Gasteiger partial charge on any atom is -0.492 e. The summed E-state index contributed by atoms with van der Waals surface area (Å²) in [6, 6.07) is 4.95. The van der Waals surface area contributed by atoms with Crippen molar-refractivity contribution in [3.63, 3.8) is 0 Å². The van der Waals surface area contributed by atoms with Crippen LogP contribution in [0.4, 0.5) is 0 Å². The molecule has 0 spiro atoms. The van der Waals surface area contributed by atoms with Crippen LogP contribution in [-0.2, 0) is 9.53 Å². The van der Waals surface area contributed by atoms with E-state index in [2.05, 4.69) is 14.7 Å². The third kappa shape index (κ3) is 4.28. The number of carbonyl (C=O) groups excluding carboxylic acids is 1. The van der Waals surface area contributed by atoms with Gasteiger partial charge in [0.05, 0.1) is 13.7 Å². The van der Waals surface area contributed by atoms with Gasteiger partial charge in [-0.2, -0.15) is 4.98 Å². The summed E-state index contributed by atoms with van der Waals surface area (Å²) in [6.45, 7) is 0.419. The molecule has 0 radical (unpaired) electrons. The third-order valence-electron chi connectivity index (χ3n) is 4.00. The molecule has 1 N–H and O–H groups in total. The van der Waals surface area contributed by atoms with Crippen molar-refractivity contribution < 1.29 is 18.7 Å². The van der Waals surface area contributed by atoms with Gasteiger partial charge >= 0.3 is 11.7 Å². The second-order valence-corrected chi connectivity index (χ2v) is 6.25. The normalized spacial score (nSPS) is 11.0. The zero-order valence-corrected chi connectivity index (χ0v) is 15.3. The molecule has 1 aromatic carbocycles. The fourth-order valence-electron chi connectivity index (χ4n) is 2.61. The Hall–Kier alpha value is -2.87.